The van der Waals surface area contributed by atoms with Gasteiger partial charge in [-0.05, 0) is 37.1 Å². The Morgan fingerprint density at radius 2 is 2.17 bits per heavy atom. The molecule has 0 spiro atoms. The van der Waals surface area contributed by atoms with Crippen molar-refractivity contribution in [2.45, 2.75) is 23.7 Å². The van der Waals surface area contributed by atoms with Gasteiger partial charge in [0.15, 0.2) is 9.84 Å². The van der Waals surface area contributed by atoms with Gasteiger partial charge >= 0.3 is 0 Å². The minimum atomic E-state index is -3.18. The summed E-state index contributed by atoms with van der Waals surface area (Å²) in [6.07, 6.45) is 3.47. The third kappa shape index (κ3) is 2.84. The highest BCUT2D eigenvalue weighted by Gasteiger charge is 2.20. The Morgan fingerprint density at radius 1 is 1.39 bits per heavy atom. The number of hydrogen-bond donors (Lipinski definition) is 1. The first-order chi connectivity index (χ1) is 8.52. The molecular formula is C13H19NO3S. The summed E-state index contributed by atoms with van der Waals surface area (Å²) >= 11 is 0. The highest BCUT2D eigenvalue weighted by molar-refractivity contribution is 7.90. The molecule has 0 aliphatic carbocycles. The van der Waals surface area contributed by atoms with E-state index in [9.17, 15) is 8.42 Å². The van der Waals surface area contributed by atoms with Crippen molar-refractivity contribution in [1.29, 1.82) is 0 Å². The number of nitrogens with one attached hydrogen (secondary N) is 1. The van der Waals surface area contributed by atoms with E-state index < -0.39 is 9.84 Å². The lowest BCUT2D eigenvalue weighted by atomic mass is 9.91. The van der Waals surface area contributed by atoms with Crippen LogP contribution in [0.2, 0.25) is 0 Å². The summed E-state index contributed by atoms with van der Waals surface area (Å²) in [5, 5.41) is 3.36. The second-order valence-electron chi connectivity index (χ2n) is 4.72. The van der Waals surface area contributed by atoms with Crippen LogP contribution >= 0.6 is 0 Å². The van der Waals surface area contributed by atoms with Crippen LogP contribution in [0.25, 0.3) is 0 Å². The smallest absolute Gasteiger partial charge is 0.175 e. The molecule has 4 nitrogen and oxygen atoms in total. The molecule has 0 bridgehead atoms. The maximum atomic E-state index is 11.5. The standard InChI is InChI=1S/C13H19NO3S/c1-17-13-8-11(18(2,15)16)5-6-12(13)10-4-3-7-14-9-10/h5-6,8,10,14H,3-4,7,9H2,1-2H3. The molecule has 1 saturated heterocycles. The molecule has 1 atom stereocenters. The minimum Gasteiger partial charge on any atom is -0.496 e. The van der Waals surface area contributed by atoms with Gasteiger partial charge in [0.1, 0.15) is 5.75 Å². The number of benzene rings is 1. The molecule has 1 N–H and O–H groups in total. The van der Waals surface area contributed by atoms with E-state index in [4.69, 9.17) is 4.74 Å². The summed E-state index contributed by atoms with van der Waals surface area (Å²) in [5.74, 6) is 1.08. The summed E-state index contributed by atoms with van der Waals surface area (Å²) in [6.45, 7) is 1.98. The van der Waals surface area contributed by atoms with Crippen molar-refractivity contribution in [3.8, 4) is 5.75 Å². The Kier molecular flexibility index (Phi) is 3.92. The molecule has 1 aromatic carbocycles. The van der Waals surface area contributed by atoms with Crippen LogP contribution < -0.4 is 10.1 Å². The van der Waals surface area contributed by atoms with Crippen LogP contribution in [-0.2, 0) is 9.84 Å². The van der Waals surface area contributed by atoms with E-state index >= 15 is 0 Å². The molecule has 5 heteroatoms. The first-order valence-electron chi connectivity index (χ1n) is 6.11. The zero-order valence-corrected chi connectivity index (χ0v) is 11.6. The maximum absolute atomic E-state index is 11.5. The monoisotopic (exact) mass is 269 g/mol. The normalized spacial score (nSPS) is 20.7. The lowest BCUT2D eigenvalue weighted by Crippen LogP contribution is -2.28. The largest absolute Gasteiger partial charge is 0.496 e. The Hall–Kier alpha value is -1.07. The zero-order valence-electron chi connectivity index (χ0n) is 10.8. The van der Waals surface area contributed by atoms with Gasteiger partial charge < -0.3 is 10.1 Å². The highest BCUT2D eigenvalue weighted by atomic mass is 32.2. The number of hydrogen-bond acceptors (Lipinski definition) is 4. The van der Waals surface area contributed by atoms with Crippen molar-refractivity contribution in [3.05, 3.63) is 23.8 Å². The maximum Gasteiger partial charge on any atom is 0.175 e. The second kappa shape index (κ2) is 5.28. The molecule has 1 aliphatic rings. The summed E-state index contributed by atoms with van der Waals surface area (Å²) in [5.41, 5.74) is 1.09. The minimum absolute atomic E-state index is 0.312. The molecule has 0 saturated carbocycles. The van der Waals surface area contributed by atoms with Crippen LogP contribution in [0, 0.1) is 0 Å². The molecule has 0 radical (unpaired) electrons. The van der Waals surface area contributed by atoms with Crippen molar-refractivity contribution < 1.29 is 13.2 Å². The number of rotatable bonds is 3. The molecule has 1 fully saturated rings. The van der Waals surface area contributed by atoms with Crippen molar-refractivity contribution >= 4 is 9.84 Å². The Labute approximate surface area is 108 Å². The predicted molar refractivity (Wildman–Crippen MR) is 70.9 cm³/mol. The average Bonchev–Trinajstić information content (AvgIpc) is 2.38. The van der Waals surface area contributed by atoms with Crippen molar-refractivity contribution in [2.24, 2.45) is 0 Å². The molecule has 1 heterocycles. The topological polar surface area (TPSA) is 55.4 Å². The van der Waals surface area contributed by atoms with Gasteiger partial charge in [-0.1, -0.05) is 6.07 Å². The summed E-state index contributed by atoms with van der Waals surface area (Å²) in [4.78, 5) is 0.312. The fraction of sp³-hybridized carbons (Fsp3) is 0.538. The first-order valence-corrected chi connectivity index (χ1v) is 8.00. The molecule has 2 rings (SSSR count). The number of sulfone groups is 1. The van der Waals surface area contributed by atoms with Crippen LogP contribution in [0.1, 0.15) is 24.3 Å². The van der Waals surface area contributed by atoms with Crippen LogP contribution in [0.4, 0.5) is 0 Å². The van der Waals surface area contributed by atoms with Gasteiger partial charge in [-0.25, -0.2) is 8.42 Å². The molecule has 100 valence electrons. The van der Waals surface area contributed by atoms with Gasteiger partial charge in [0.25, 0.3) is 0 Å². The molecule has 0 amide bonds. The number of ether oxygens (including phenoxy) is 1. The van der Waals surface area contributed by atoms with Gasteiger partial charge in [-0.2, -0.15) is 0 Å². The van der Waals surface area contributed by atoms with Crippen LogP contribution in [0.5, 0.6) is 5.75 Å². The van der Waals surface area contributed by atoms with E-state index in [1.165, 1.54) is 6.26 Å². The first kappa shape index (κ1) is 13.4. The van der Waals surface area contributed by atoms with Crippen molar-refractivity contribution in [1.82, 2.24) is 5.32 Å². The van der Waals surface area contributed by atoms with E-state index in [0.29, 0.717) is 16.6 Å². The van der Waals surface area contributed by atoms with Gasteiger partial charge in [0, 0.05) is 18.7 Å². The van der Waals surface area contributed by atoms with E-state index in [1.54, 1.807) is 19.2 Å². The van der Waals surface area contributed by atoms with E-state index in [0.717, 1.165) is 31.5 Å². The summed E-state index contributed by atoms with van der Waals surface area (Å²) < 4.78 is 28.4. The number of methoxy groups -OCH3 is 1. The van der Waals surface area contributed by atoms with E-state index in [-0.39, 0.29) is 0 Å². The quantitative estimate of drug-likeness (QED) is 0.905. The Bertz CT molecular complexity index is 519. The van der Waals surface area contributed by atoms with E-state index in [2.05, 4.69) is 5.32 Å². The summed E-state index contributed by atoms with van der Waals surface area (Å²) in [6, 6.07) is 5.17. The second-order valence-corrected chi connectivity index (χ2v) is 6.73. The summed E-state index contributed by atoms with van der Waals surface area (Å²) in [7, 11) is -1.59. The van der Waals surface area contributed by atoms with Crippen LogP contribution in [-0.4, -0.2) is 34.9 Å². The van der Waals surface area contributed by atoms with Gasteiger partial charge in [0.05, 0.1) is 12.0 Å². The van der Waals surface area contributed by atoms with E-state index in [1.807, 2.05) is 6.07 Å². The highest BCUT2D eigenvalue weighted by Crippen LogP contribution is 2.32. The fourth-order valence-electron chi connectivity index (χ4n) is 2.38. The molecule has 18 heavy (non-hydrogen) atoms. The SMILES string of the molecule is COc1cc(S(C)(=O)=O)ccc1C1CCCNC1. The Morgan fingerprint density at radius 3 is 2.72 bits per heavy atom. The lowest BCUT2D eigenvalue weighted by molar-refractivity contribution is 0.391. The van der Waals surface area contributed by atoms with Crippen LogP contribution in [0.15, 0.2) is 23.1 Å². The van der Waals surface area contributed by atoms with Gasteiger partial charge in [-0.3, -0.25) is 0 Å². The average molecular weight is 269 g/mol. The molecular weight excluding hydrogens is 250 g/mol. The Balaban J connectivity index is 2.36. The van der Waals surface area contributed by atoms with Crippen LogP contribution in [0.3, 0.4) is 0 Å². The number of piperidine rings is 1. The predicted octanol–water partition coefficient (Wildman–Crippen LogP) is 1.57. The molecule has 1 unspecified atom stereocenters. The van der Waals surface area contributed by atoms with Gasteiger partial charge in [0.2, 0.25) is 0 Å². The van der Waals surface area contributed by atoms with Crippen molar-refractivity contribution in [3.63, 3.8) is 0 Å². The lowest BCUT2D eigenvalue weighted by Gasteiger charge is -2.24. The third-order valence-electron chi connectivity index (χ3n) is 3.37. The fourth-order valence-corrected chi connectivity index (χ4v) is 3.01. The third-order valence-corrected chi connectivity index (χ3v) is 4.48. The molecule has 0 aromatic heterocycles. The van der Waals surface area contributed by atoms with Gasteiger partial charge in [-0.15, -0.1) is 0 Å². The molecule has 1 aromatic rings. The van der Waals surface area contributed by atoms with Crippen molar-refractivity contribution in [2.75, 3.05) is 26.5 Å². The zero-order chi connectivity index (χ0) is 13.2. The molecule has 1 aliphatic heterocycles.